The van der Waals surface area contributed by atoms with Crippen molar-refractivity contribution in [3.63, 3.8) is 0 Å². The molecule has 1 heterocycles. The van der Waals surface area contributed by atoms with Crippen molar-refractivity contribution in [1.82, 2.24) is 4.98 Å². The molecule has 0 spiro atoms. The lowest BCUT2D eigenvalue weighted by Crippen LogP contribution is -2.40. The maximum Gasteiger partial charge on any atom is 0.309 e. The number of pyridine rings is 1. The maximum atomic E-state index is 13.0. The zero-order valence-corrected chi connectivity index (χ0v) is 22.3. The van der Waals surface area contributed by atoms with Crippen molar-refractivity contribution in [3.8, 4) is 17.2 Å². The Bertz CT molecular complexity index is 1040. The molecule has 0 aliphatic heterocycles. The summed E-state index contributed by atoms with van der Waals surface area (Å²) in [5, 5.41) is 0.599. The number of aromatic nitrogens is 1. The predicted octanol–water partition coefficient (Wildman–Crippen LogP) is 5.69. The van der Waals surface area contributed by atoms with Crippen LogP contribution in [0.5, 0.6) is 17.2 Å². The zero-order valence-electron chi connectivity index (χ0n) is 21.6. The minimum atomic E-state index is -0.768. The van der Waals surface area contributed by atoms with Gasteiger partial charge in [-0.1, -0.05) is 32.4 Å². The van der Waals surface area contributed by atoms with E-state index in [1.807, 2.05) is 0 Å². The predicted molar refractivity (Wildman–Crippen MR) is 136 cm³/mol. The number of esters is 2. The van der Waals surface area contributed by atoms with Crippen molar-refractivity contribution >= 4 is 29.3 Å². The number of ether oxygens (including phenoxy) is 4. The second-order valence-corrected chi connectivity index (χ2v) is 9.00. The first-order valence-corrected chi connectivity index (χ1v) is 12.4. The van der Waals surface area contributed by atoms with Crippen LogP contribution in [0.25, 0.3) is 0 Å². The Morgan fingerprint density at radius 3 is 2.22 bits per heavy atom. The van der Waals surface area contributed by atoms with E-state index in [0.29, 0.717) is 10.8 Å². The molecule has 2 rings (SSSR count). The fraction of sp³-hybridized carbons (Fsp3) is 0.481. The summed E-state index contributed by atoms with van der Waals surface area (Å²) in [5.41, 5.74) is -0.0850. The molecule has 0 radical (unpaired) electrons. The number of halogens is 1. The van der Waals surface area contributed by atoms with Crippen LogP contribution in [0.1, 0.15) is 64.4 Å². The fourth-order valence-corrected chi connectivity index (χ4v) is 3.98. The van der Waals surface area contributed by atoms with Gasteiger partial charge in [0.05, 0.1) is 13.0 Å². The fourth-order valence-electron chi connectivity index (χ4n) is 3.86. The summed E-state index contributed by atoms with van der Waals surface area (Å²) in [6, 6.07) is 8.50. The molecule has 8 nitrogen and oxygen atoms in total. The highest BCUT2D eigenvalue weighted by atomic mass is 35.5. The lowest BCUT2D eigenvalue weighted by molar-refractivity contribution is -0.158. The molecule has 0 saturated heterocycles. The average Bonchev–Trinajstić information content (AvgIpc) is 2.84. The van der Waals surface area contributed by atoms with Crippen LogP contribution < -0.4 is 14.2 Å². The van der Waals surface area contributed by atoms with Crippen LogP contribution in [0, 0.1) is 11.8 Å². The third-order valence-electron chi connectivity index (χ3n) is 5.86. The van der Waals surface area contributed by atoms with Gasteiger partial charge in [-0.3, -0.25) is 14.4 Å². The molecular formula is C27H34ClNO7. The Labute approximate surface area is 217 Å². The van der Waals surface area contributed by atoms with Gasteiger partial charge >= 0.3 is 11.9 Å². The van der Waals surface area contributed by atoms with E-state index in [9.17, 15) is 14.4 Å². The summed E-state index contributed by atoms with van der Waals surface area (Å²) >= 11 is 5.98. The highest BCUT2D eigenvalue weighted by molar-refractivity contribution is 6.30. The number of carbonyl (C=O) groups is 3. The Hall–Kier alpha value is -3.13. The molecule has 0 aliphatic carbocycles. The van der Waals surface area contributed by atoms with Gasteiger partial charge in [0.1, 0.15) is 18.0 Å². The summed E-state index contributed by atoms with van der Waals surface area (Å²) in [6.45, 7) is 8.72. The first-order chi connectivity index (χ1) is 17.1. The summed E-state index contributed by atoms with van der Waals surface area (Å²) < 4.78 is 22.3. The Morgan fingerprint density at radius 1 is 1.03 bits per heavy atom. The largest absolute Gasteiger partial charge is 0.493 e. The molecule has 0 bridgehead atoms. The van der Waals surface area contributed by atoms with Gasteiger partial charge in [-0.15, -0.1) is 0 Å². The van der Waals surface area contributed by atoms with Gasteiger partial charge in [0.25, 0.3) is 0 Å². The van der Waals surface area contributed by atoms with Crippen molar-refractivity contribution in [2.75, 3.05) is 7.11 Å². The maximum absolute atomic E-state index is 13.0. The number of hydrogen-bond acceptors (Lipinski definition) is 8. The van der Waals surface area contributed by atoms with Gasteiger partial charge in [-0.05, 0) is 49.9 Å². The van der Waals surface area contributed by atoms with Gasteiger partial charge < -0.3 is 18.9 Å². The molecule has 3 atom stereocenters. The van der Waals surface area contributed by atoms with Gasteiger partial charge in [0.2, 0.25) is 5.75 Å². The molecule has 0 aliphatic rings. The van der Waals surface area contributed by atoms with Crippen LogP contribution in [0.2, 0.25) is 5.02 Å². The molecule has 0 unspecified atom stereocenters. The first-order valence-electron chi connectivity index (χ1n) is 12.0. The number of benzene rings is 1. The van der Waals surface area contributed by atoms with Gasteiger partial charge in [-0.25, -0.2) is 4.98 Å². The van der Waals surface area contributed by atoms with E-state index in [0.717, 1.165) is 12.8 Å². The van der Waals surface area contributed by atoms with Crippen LogP contribution in [-0.4, -0.2) is 42.0 Å². The zero-order chi connectivity index (χ0) is 26.8. The lowest BCUT2D eigenvalue weighted by Gasteiger charge is -2.31. The van der Waals surface area contributed by atoms with Gasteiger partial charge in [0, 0.05) is 30.6 Å². The molecule has 0 N–H and O–H groups in total. The van der Waals surface area contributed by atoms with Gasteiger partial charge in [-0.2, -0.15) is 0 Å². The number of nitrogens with zero attached hydrogens (tertiary/aromatic N) is 1. The second kappa shape index (κ2) is 13.8. The Kier molecular flexibility index (Phi) is 11.2. The molecule has 1 aromatic carbocycles. The van der Waals surface area contributed by atoms with Crippen LogP contribution in [0.3, 0.4) is 0 Å². The van der Waals surface area contributed by atoms with Crippen LogP contribution in [-0.2, 0) is 14.3 Å². The number of hydrogen-bond donors (Lipinski definition) is 0. The highest BCUT2D eigenvalue weighted by Gasteiger charge is 2.32. The summed E-state index contributed by atoms with van der Waals surface area (Å²) in [5.74, 6) is -1.51. The molecule has 0 fully saturated rings. The van der Waals surface area contributed by atoms with E-state index in [1.54, 1.807) is 38.1 Å². The van der Waals surface area contributed by atoms with E-state index in [4.69, 9.17) is 30.5 Å². The number of Topliss-reactive ketones (excluding diaryl/α,β-unsaturated/α-hetero) is 1. The van der Waals surface area contributed by atoms with Crippen LogP contribution in [0.4, 0.5) is 0 Å². The normalized spacial score (nSPS) is 13.4. The Balaban J connectivity index is 2.13. The van der Waals surface area contributed by atoms with Crippen molar-refractivity contribution < 1.29 is 33.3 Å². The molecule has 36 heavy (non-hydrogen) atoms. The Morgan fingerprint density at radius 2 is 1.67 bits per heavy atom. The number of methoxy groups -OCH3 is 1. The van der Waals surface area contributed by atoms with Crippen LogP contribution >= 0.6 is 11.6 Å². The van der Waals surface area contributed by atoms with E-state index < -0.39 is 29.7 Å². The number of ketones is 1. The minimum absolute atomic E-state index is 0.0726. The first kappa shape index (κ1) is 29.1. The molecular weight excluding hydrogens is 486 g/mol. The third-order valence-corrected chi connectivity index (χ3v) is 6.11. The summed E-state index contributed by atoms with van der Waals surface area (Å²) in [4.78, 5) is 41.5. The van der Waals surface area contributed by atoms with E-state index >= 15 is 0 Å². The standard InChI is InChI=1S/C27H34ClNO7/c1-7-19(8-2)25(36-21-11-9-20(28)10-12-21)17(4)34-27(32)16(3)15-22(31)24-26(35-18(5)30)23(33-6)13-14-29-24/h9-14,16-17,19,25H,7-8,15H2,1-6H3/t16-,17+,25+/m1/s1. The summed E-state index contributed by atoms with van der Waals surface area (Å²) in [6.07, 6.45) is 1.91. The van der Waals surface area contributed by atoms with Crippen LogP contribution in [0.15, 0.2) is 36.5 Å². The van der Waals surface area contributed by atoms with Crippen molar-refractivity contribution in [1.29, 1.82) is 0 Å². The molecule has 2 aromatic rings. The SMILES string of the molecule is CCC(CC)[C@@H](Oc1ccc(Cl)cc1)[C@H](C)OC(=O)[C@H](C)CC(=O)c1nccc(OC)c1OC(C)=O. The number of carbonyl (C=O) groups excluding carboxylic acids is 3. The average molecular weight is 520 g/mol. The molecule has 0 saturated carbocycles. The van der Waals surface area contributed by atoms with Gasteiger partial charge in [0.15, 0.2) is 17.2 Å². The summed E-state index contributed by atoms with van der Waals surface area (Å²) in [7, 11) is 1.39. The monoisotopic (exact) mass is 519 g/mol. The van der Waals surface area contributed by atoms with Crippen molar-refractivity contribution in [2.24, 2.45) is 11.8 Å². The second-order valence-electron chi connectivity index (χ2n) is 8.57. The molecule has 1 aromatic heterocycles. The number of rotatable bonds is 13. The van der Waals surface area contributed by atoms with Crippen molar-refractivity contribution in [3.05, 3.63) is 47.2 Å². The smallest absolute Gasteiger partial charge is 0.309 e. The molecule has 9 heteroatoms. The van der Waals surface area contributed by atoms with E-state index in [2.05, 4.69) is 18.8 Å². The third kappa shape index (κ3) is 7.95. The van der Waals surface area contributed by atoms with E-state index in [-0.39, 0.29) is 35.6 Å². The molecule has 0 amide bonds. The molecule has 196 valence electrons. The quantitative estimate of drug-likeness (QED) is 0.245. The minimum Gasteiger partial charge on any atom is -0.493 e. The highest BCUT2D eigenvalue weighted by Crippen LogP contribution is 2.31. The van der Waals surface area contributed by atoms with E-state index in [1.165, 1.54) is 26.3 Å². The topological polar surface area (TPSA) is 101 Å². The van der Waals surface area contributed by atoms with Crippen molar-refractivity contribution in [2.45, 2.75) is 66.1 Å². The lowest BCUT2D eigenvalue weighted by atomic mass is 9.92.